The fraction of sp³-hybridized carbons (Fsp3) is 0.125. The van der Waals surface area contributed by atoms with Crippen molar-refractivity contribution in [2.24, 2.45) is 0 Å². The van der Waals surface area contributed by atoms with Crippen LogP contribution in [0.3, 0.4) is 0 Å². The van der Waals surface area contributed by atoms with Crippen molar-refractivity contribution in [1.29, 1.82) is 0 Å². The minimum absolute atomic E-state index is 0.161. The van der Waals surface area contributed by atoms with Gasteiger partial charge >= 0.3 is 0 Å². The molecule has 0 aliphatic rings. The Labute approximate surface area is 79.5 Å². The normalized spacial score (nSPS) is 10.4. The van der Waals surface area contributed by atoms with E-state index in [4.69, 9.17) is 5.73 Å². The summed E-state index contributed by atoms with van der Waals surface area (Å²) in [5.74, 6) is 0.167. The summed E-state index contributed by atoms with van der Waals surface area (Å²) in [4.78, 5) is 21.7. The van der Waals surface area contributed by atoms with E-state index in [-0.39, 0.29) is 5.91 Å². The van der Waals surface area contributed by atoms with Gasteiger partial charge in [0.25, 0.3) is 0 Å². The maximum absolute atomic E-state index is 10.9. The summed E-state index contributed by atoms with van der Waals surface area (Å²) < 4.78 is 0. The first-order valence-electron chi connectivity index (χ1n) is 4.04. The highest BCUT2D eigenvalue weighted by Gasteiger charge is 2.06. The zero-order valence-electron chi connectivity index (χ0n) is 7.53. The molecule has 0 atom stereocenters. The van der Waals surface area contributed by atoms with Crippen LogP contribution >= 0.6 is 0 Å². The van der Waals surface area contributed by atoms with E-state index in [0.717, 1.165) is 0 Å². The van der Waals surface area contributed by atoms with Crippen molar-refractivity contribution >= 4 is 28.6 Å². The molecule has 0 unspecified atom stereocenters. The summed E-state index contributed by atoms with van der Waals surface area (Å²) in [6, 6.07) is 1.59. The van der Waals surface area contributed by atoms with Gasteiger partial charge < -0.3 is 16.0 Å². The van der Waals surface area contributed by atoms with Crippen LogP contribution in [0.4, 0.5) is 11.5 Å². The number of carbonyl (C=O) groups is 1. The van der Waals surface area contributed by atoms with Gasteiger partial charge in [-0.1, -0.05) is 0 Å². The topological polar surface area (TPSA) is 96.7 Å². The summed E-state index contributed by atoms with van der Waals surface area (Å²) in [6.45, 7) is 1.43. The number of nitrogens with two attached hydrogens (primary N) is 1. The van der Waals surface area contributed by atoms with Gasteiger partial charge in [-0.25, -0.2) is 9.97 Å². The molecule has 0 saturated carbocycles. The number of aromatic nitrogens is 3. The molecular formula is C8H9N5O. The van der Waals surface area contributed by atoms with Gasteiger partial charge in [0.15, 0.2) is 5.65 Å². The number of nitrogens with one attached hydrogen (secondary N) is 2. The number of rotatable bonds is 1. The van der Waals surface area contributed by atoms with Crippen LogP contribution in [0.1, 0.15) is 6.92 Å². The van der Waals surface area contributed by atoms with Crippen molar-refractivity contribution in [2.75, 3.05) is 11.1 Å². The predicted molar refractivity (Wildman–Crippen MR) is 52.6 cm³/mol. The Morgan fingerprint density at radius 3 is 3.14 bits per heavy atom. The summed E-state index contributed by atoms with van der Waals surface area (Å²) in [5.41, 5.74) is 7.31. The third-order valence-corrected chi connectivity index (χ3v) is 1.73. The molecule has 4 N–H and O–H groups in total. The van der Waals surface area contributed by atoms with Gasteiger partial charge in [0.2, 0.25) is 5.91 Å². The van der Waals surface area contributed by atoms with Gasteiger partial charge in [0, 0.05) is 13.0 Å². The molecule has 2 aromatic rings. The first kappa shape index (κ1) is 8.49. The lowest BCUT2D eigenvalue weighted by molar-refractivity contribution is -0.114. The number of pyridine rings is 1. The molecule has 6 heteroatoms. The van der Waals surface area contributed by atoms with Gasteiger partial charge in [-0.15, -0.1) is 0 Å². The molecule has 0 bridgehead atoms. The second-order valence-corrected chi connectivity index (χ2v) is 2.88. The van der Waals surface area contributed by atoms with E-state index in [9.17, 15) is 4.79 Å². The van der Waals surface area contributed by atoms with Crippen molar-refractivity contribution in [3.63, 3.8) is 0 Å². The molecule has 0 fully saturated rings. The fourth-order valence-corrected chi connectivity index (χ4v) is 1.23. The molecule has 2 rings (SSSR count). The highest BCUT2D eigenvalue weighted by atomic mass is 16.1. The first-order valence-corrected chi connectivity index (χ1v) is 4.04. The Hall–Kier alpha value is -2.11. The summed E-state index contributed by atoms with van der Waals surface area (Å²) >= 11 is 0. The Morgan fingerprint density at radius 1 is 1.64 bits per heavy atom. The number of hydrogen-bond acceptors (Lipinski definition) is 4. The SMILES string of the molecule is CC(=O)Nc1cc(N)nc2nc[nH]c12. The van der Waals surface area contributed by atoms with Crippen LogP contribution in [0.2, 0.25) is 0 Å². The molecule has 1 amide bonds. The number of H-pyrrole nitrogens is 1. The quantitative estimate of drug-likeness (QED) is 0.611. The standard InChI is InChI=1S/C8H9N5O/c1-4(14)12-5-2-6(9)13-8-7(5)10-3-11-8/h2-3H,1H3,(H4,9,10,11,12,13,14). The maximum atomic E-state index is 10.9. The average Bonchev–Trinajstić information content (AvgIpc) is 2.50. The molecule has 0 spiro atoms. The predicted octanol–water partition coefficient (Wildman–Crippen LogP) is 0.499. The van der Waals surface area contributed by atoms with E-state index >= 15 is 0 Å². The second kappa shape index (κ2) is 2.99. The fourth-order valence-electron chi connectivity index (χ4n) is 1.23. The molecule has 0 aliphatic heterocycles. The second-order valence-electron chi connectivity index (χ2n) is 2.88. The lowest BCUT2D eigenvalue weighted by Crippen LogP contribution is -2.07. The monoisotopic (exact) mass is 191 g/mol. The third kappa shape index (κ3) is 1.37. The number of amides is 1. The number of nitrogens with zero attached hydrogens (tertiary/aromatic N) is 2. The number of anilines is 2. The van der Waals surface area contributed by atoms with Crippen LogP contribution in [-0.2, 0) is 4.79 Å². The van der Waals surface area contributed by atoms with Gasteiger partial charge in [-0.05, 0) is 0 Å². The maximum Gasteiger partial charge on any atom is 0.221 e. The summed E-state index contributed by atoms with van der Waals surface area (Å²) in [5, 5.41) is 2.64. The molecule has 0 radical (unpaired) electrons. The van der Waals surface area contributed by atoms with Crippen LogP contribution in [0.5, 0.6) is 0 Å². The largest absolute Gasteiger partial charge is 0.384 e. The average molecular weight is 191 g/mol. The molecule has 14 heavy (non-hydrogen) atoms. The smallest absolute Gasteiger partial charge is 0.221 e. The van der Waals surface area contributed by atoms with Gasteiger partial charge in [0.05, 0.1) is 12.0 Å². The molecule has 2 aromatic heterocycles. The highest BCUT2D eigenvalue weighted by molar-refractivity contribution is 5.98. The van der Waals surface area contributed by atoms with E-state index in [2.05, 4.69) is 20.3 Å². The minimum Gasteiger partial charge on any atom is -0.384 e. The summed E-state index contributed by atoms with van der Waals surface area (Å²) in [7, 11) is 0. The first-order chi connectivity index (χ1) is 6.66. The van der Waals surface area contributed by atoms with Crippen LogP contribution in [-0.4, -0.2) is 20.9 Å². The molecule has 72 valence electrons. The number of fused-ring (bicyclic) bond motifs is 1. The zero-order valence-corrected chi connectivity index (χ0v) is 7.53. The number of aromatic amines is 1. The number of carbonyl (C=O) groups excluding carboxylic acids is 1. The van der Waals surface area contributed by atoms with Gasteiger partial charge in [0.1, 0.15) is 11.3 Å². The van der Waals surface area contributed by atoms with Crippen LogP contribution in [0.15, 0.2) is 12.4 Å². The van der Waals surface area contributed by atoms with E-state index < -0.39 is 0 Å². The van der Waals surface area contributed by atoms with Crippen molar-refractivity contribution in [1.82, 2.24) is 15.0 Å². The minimum atomic E-state index is -0.161. The number of nitrogen functional groups attached to an aromatic ring is 1. The van der Waals surface area contributed by atoms with E-state index in [0.29, 0.717) is 22.7 Å². The van der Waals surface area contributed by atoms with Crippen molar-refractivity contribution in [2.45, 2.75) is 6.92 Å². The van der Waals surface area contributed by atoms with Crippen molar-refractivity contribution in [3.05, 3.63) is 12.4 Å². The number of hydrogen-bond donors (Lipinski definition) is 3. The van der Waals surface area contributed by atoms with Gasteiger partial charge in [-0.2, -0.15) is 0 Å². The van der Waals surface area contributed by atoms with Gasteiger partial charge in [-0.3, -0.25) is 4.79 Å². The third-order valence-electron chi connectivity index (χ3n) is 1.73. The Kier molecular flexibility index (Phi) is 1.81. The van der Waals surface area contributed by atoms with E-state index in [1.165, 1.54) is 13.3 Å². The highest BCUT2D eigenvalue weighted by Crippen LogP contribution is 2.20. The molecule has 6 nitrogen and oxygen atoms in total. The van der Waals surface area contributed by atoms with Crippen molar-refractivity contribution < 1.29 is 4.79 Å². The van der Waals surface area contributed by atoms with Crippen LogP contribution < -0.4 is 11.1 Å². The Balaban J connectivity index is 2.60. The van der Waals surface area contributed by atoms with E-state index in [1.807, 2.05) is 0 Å². The number of imidazole rings is 1. The zero-order chi connectivity index (χ0) is 10.1. The Bertz CT molecular complexity index is 489. The van der Waals surface area contributed by atoms with E-state index in [1.54, 1.807) is 6.07 Å². The molecule has 0 aliphatic carbocycles. The van der Waals surface area contributed by atoms with Crippen LogP contribution in [0.25, 0.3) is 11.2 Å². The molecule has 2 heterocycles. The Morgan fingerprint density at radius 2 is 2.43 bits per heavy atom. The summed E-state index contributed by atoms with van der Waals surface area (Å²) in [6.07, 6.45) is 1.50. The lowest BCUT2D eigenvalue weighted by atomic mass is 10.3. The molecule has 0 aromatic carbocycles. The lowest BCUT2D eigenvalue weighted by Gasteiger charge is -2.03. The molecule has 0 saturated heterocycles. The van der Waals surface area contributed by atoms with Crippen LogP contribution in [0, 0.1) is 0 Å². The molecular weight excluding hydrogens is 182 g/mol. The van der Waals surface area contributed by atoms with Crippen molar-refractivity contribution in [3.8, 4) is 0 Å².